The Morgan fingerprint density at radius 1 is 1.00 bits per heavy atom. The van der Waals surface area contributed by atoms with Crippen molar-refractivity contribution in [3.63, 3.8) is 0 Å². The van der Waals surface area contributed by atoms with E-state index in [0.29, 0.717) is 36.1 Å². The van der Waals surface area contributed by atoms with Gasteiger partial charge in [0, 0.05) is 13.0 Å². The fourth-order valence-corrected chi connectivity index (χ4v) is 9.67. The van der Waals surface area contributed by atoms with Crippen LogP contribution in [0.4, 0.5) is 0 Å². The van der Waals surface area contributed by atoms with E-state index in [0.717, 1.165) is 68.8 Å². The van der Waals surface area contributed by atoms with Crippen LogP contribution in [0, 0.1) is 40.4 Å². The van der Waals surface area contributed by atoms with Crippen LogP contribution in [0.1, 0.15) is 131 Å². The molecular formula is C34H58O4. The van der Waals surface area contributed by atoms with Gasteiger partial charge in [0.05, 0.1) is 6.10 Å². The Bertz CT molecular complexity index is 800. The van der Waals surface area contributed by atoms with Crippen molar-refractivity contribution in [1.82, 2.24) is 0 Å². The maximum atomic E-state index is 12.7. The lowest BCUT2D eigenvalue weighted by molar-refractivity contribution is -0.150. The lowest BCUT2D eigenvalue weighted by Gasteiger charge is -2.58. The Kier molecular flexibility index (Phi) is 10.5. The van der Waals surface area contributed by atoms with Crippen LogP contribution in [-0.2, 0) is 19.0 Å². The fraction of sp³-hybridized carbons (Fsp3) is 0.912. The molecule has 0 heterocycles. The van der Waals surface area contributed by atoms with Gasteiger partial charge < -0.3 is 14.2 Å². The van der Waals surface area contributed by atoms with Gasteiger partial charge in [-0.05, 0) is 118 Å². The van der Waals surface area contributed by atoms with Crippen LogP contribution in [0.3, 0.4) is 0 Å². The van der Waals surface area contributed by atoms with E-state index in [9.17, 15) is 4.79 Å². The lowest BCUT2D eigenvalue weighted by Crippen LogP contribution is -2.51. The summed E-state index contributed by atoms with van der Waals surface area (Å²) >= 11 is 0. The van der Waals surface area contributed by atoms with Crippen LogP contribution in [0.15, 0.2) is 11.6 Å². The molecule has 0 aromatic carbocycles. The Morgan fingerprint density at radius 2 is 1.76 bits per heavy atom. The number of rotatable bonds is 13. The number of fused-ring (bicyclic) bond motifs is 5. The highest BCUT2D eigenvalue weighted by molar-refractivity contribution is 5.69. The molecule has 0 bridgehead atoms. The van der Waals surface area contributed by atoms with Gasteiger partial charge in [-0.15, -0.1) is 0 Å². The molecule has 4 aliphatic carbocycles. The van der Waals surface area contributed by atoms with E-state index in [1.54, 1.807) is 5.57 Å². The normalized spacial score (nSPS) is 37.2. The second-order valence-corrected chi connectivity index (χ2v) is 13.8. The average Bonchev–Trinajstić information content (AvgIpc) is 3.25. The summed E-state index contributed by atoms with van der Waals surface area (Å²) in [6.45, 7) is 15.2. The number of carbonyl (C=O) groups excluding carboxylic acids is 1. The molecule has 0 aromatic heterocycles. The minimum atomic E-state index is 0.0332. The van der Waals surface area contributed by atoms with Gasteiger partial charge in [0.25, 0.3) is 0 Å². The average molecular weight is 531 g/mol. The Hall–Kier alpha value is -0.870. The maximum absolute atomic E-state index is 12.7. The molecular weight excluding hydrogens is 472 g/mol. The molecule has 0 amide bonds. The van der Waals surface area contributed by atoms with E-state index in [1.165, 1.54) is 44.9 Å². The molecule has 0 radical (unpaired) electrons. The summed E-state index contributed by atoms with van der Waals surface area (Å²) in [4.78, 5) is 12.7. The van der Waals surface area contributed by atoms with Crippen molar-refractivity contribution < 1.29 is 19.0 Å². The van der Waals surface area contributed by atoms with Crippen LogP contribution in [0.5, 0.6) is 0 Å². The predicted octanol–water partition coefficient (Wildman–Crippen LogP) is 8.87. The molecule has 0 N–H and O–H groups in total. The second kappa shape index (κ2) is 13.2. The third-order valence-electron chi connectivity index (χ3n) is 11.7. The number of hydrogen-bond donors (Lipinski definition) is 0. The molecule has 218 valence electrons. The summed E-state index contributed by atoms with van der Waals surface area (Å²) < 4.78 is 17.4. The van der Waals surface area contributed by atoms with E-state index < -0.39 is 0 Å². The first-order chi connectivity index (χ1) is 18.3. The van der Waals surface area contributed by atoms with E-state index in [1.807, 2.05) is 6.92 Å². The summed E-state index contributed by atoms with van der Waals surface area (Å²) in [5.41, 5.74) is 2.47. The van der Waals surface area contributed by atoms with E-state index >= 15 is 0 Å². The summed E-state index contributed by atoms with van der Waals surface area (Å²) in [5.74, 6) is 3.85. The van der Waals surface area contributed by atoms with Gasteiger partial charge in [-0.25, -0.2) is 0 Å². The fourth-order valence-electron chi connectivity index (χ4n) is 9.67. The van der Waals surface area contributed by atoms with Crippen LogP contribution in [-0.4, -0.2) is 31.6 Å². The zero-order chi connectivity index (χ0) is 27.3. The molecule has 4 heteroatoms. The second-order valence-electron chi connectivity index (χ2n) is 13.8. The monoisotopic (exact) mass is 530 g/mol. The van der Waals surface area contributed by atoms with Crippen LogP contribution in [0.25, 0.3) is 0 Å². The molecule has 4 rings (SSSR count). The van der Waals surface area contributed by atoms with Crippen molar-refractivity contribution in [3.05, 3.63) is 11.6 Å². The lowest BCUT2D eigenvalue weighted by atomic mass is 9.47. The highest BCUT2D eigenvalue weighted by Crippen LogP contribution is 2.67. The number of allylic oxidation sites excluding steroid dienone is 1. The van der Waals surface area contributed by atoms with Crippen molar-refractivity contribution >= 4 is 5.97 Å². The summed E-state index contributed by atoms with van der Waals surface area (Å²) in [5, 5.41) is 0. The summed E-state index contributed by atoms with van der Waals surface area (Å²) in [6, 6.07) is 0. The number of ether oxygens (including phenoxy) is 3. The molecule has 4 nitrogen and oxygen atoms in total. The molecule has 0 spiro atoms. The first-order valence-electron chi connectivity index (χ1n) is 16.3. The van der Waals surface area contributed by atoms with Gasteiger partial charge in [-0.3, -0.25) is 4.79 Å². The van der Waals surface area contributed by atoms with Gasteiger partial charge in [0.1, 0.15) is 12.9 Å². The van der Waals surface area contributed by atoms with E-state index in [-0.39, 0.29) is 12.1 Å². The Morgan fingerprint density at radius 3 is 2.47 bits per heavy atom. The third kappa shape index (κ3) is 6.22. The maximum Gasteiger partial charge on any atom is 0.306 e. The molecule has 0 aliphatic heterocycles. The topological polar surface area (TPSA) is 44.8 Å². The minimum Gasteiger partial charge on any atom is -0.462 e. The number of esters is 1. The third-order valence-corrected chi connectivity index (χ3v) is 11.7. The first kappa shape index (κ1) is 30.1. The van der Waals surface area contributed by atoms with Gasteiger partial charge in [0.15, 0.2) is 0 Å². The first-order valence-corrected chi connectivity index (χ1v) is 16.3. The van der Waals surface area contributed by atoms with E-state index in [4.69, 9.17) is 14.2 Å². The smallest absolute Gasteiger partial charge is 0.306 e. The molecule has 3 saturated carbocycles. The largest absolute Gasteiger partial charge is 0.462 e. The van der Waals surface area contributed by atoms with Gasteiger partial charge in [-0.2, -0.15) is 0 Å². The highest BCUT2D eigenvalue weighted by atomic mass is 16.7. The van der Waals surface area contributed by atoms with Crippen LogP contribution < -0.4 is 0 Å². The molecule has 0 saturated heterocycles. The van der Waals surface area contributed by atoms with Crippen molar-refractivity contribution in [3.8, 4) is 0 Å². The summed E-state index contributed by atoms with van der Waals surface area (Å²) in [7, 11) is 0. The molecule has 38 heavy (non-hydrogen) atoms. The van der Waals surface area contributed by atoms with Crippen molar-refractivity contribution in [2.75, 3.05) is 13.4 Å². The molecule has 8 atom stereocenters. The zero-order valence-electron chi connectivity index (χ0n) is 25.6. The minimum absolute atomic E-state index is 0.0332. The molecule has 3 fully saturated rings. The van der Waals surface area contributed by atoms with Crippen molar-refractivity contribution in [2.45, 2.75) is 144 Å². The molecule has 4 aliphatic rings. The Labute approximate surface area is 234 Å². The zero-order valence-corrected chi connectivity index (χ0v) is 25.6. The van der Waals surface area contributed by atoms with E-state index in [2.05, 4.69) is 40.7 Å². The van der Waals surface area contributed by atoms with Crippen molar-refractivity contribution in [1.29, 1.82) is 0 Å². The molecule has 0 unspecified atom stereocenters. The van der Waals surface area contributed by atoms with Crippen LogP contribution >= 0.6 is 0 Å². The predicted molar refractivity (Wildman–Crippen MR) is 155 cm³/mol. The number of hydrogen-bond acceptors (Lipinski definition) is 4. The van der Waals surface area contributed by atoms with Crippen molar-refractivity contribution in [2.24, 2.45) is 40.4 Å². The SMILES string of the molecule is CCCC(CCC)OC(=O)CC[C@@H](C)[C@H]1CC[C@H]2[C@@H]3CC=C4C[C@@H](OCOCC)CC[C@]4(C)[C@H]3CC[C@]12C. The quantitative estimate of drug-likeness (QED) is 0.103. The van der Waals surface area contributed by atoms with Gasteiger partial charge in [-0.1, -0.05) is 59.1 Å². The highest BCUT2D eigenvalue weighted by Gasteiger charge is 2.59. The summed E-state index contributed by atoms with van der Waals surface area (Å²) in [6.07, 6.45) is 19.1. The molecule has 0 aromatic rings. The standard InChI is InChI=1S/C34H58O4/c1-7-10-26(11-8-2)38-32(35)17-12-24(4)29-15-16-30-28-14-13-25-22-27(37-23-36-9-3)18-20-33(25,5)31(28)19-21-34(29,30)6/h13,24,26-31H,7-12,14-23H2,1-6H3/t24-,27+,28+,29-,30+,31+,33+,34-/m1/s1. The Balaban J connectivity index is 1.35. The van der Waals surface area contributed by atoms with Gasteiger partial charge >= 0.3 is 5.97 Å². The number of carbonyl (C=O) groups is 1. The van der Waals surface area contributed by atoms with Gasteiger partial charge in [0.2, 0.25) is 0 Å². The van der Waals surface area contributed by atoms with Crippen LogP contribution in [0.2, 0.25) is 0 Å².